The van der Waals surface area contributed by atoms with Crippen molar-refractivity contribution in [3.05, 3.63) is 0 Å². The summed E-state index contributed by atoms with van der Waals surface area (Å²) < 4.78 is 0. The second kappa shape index (κ2) is 6.21. The summed E-state index contributed by atoms with van der Waals surface area (Å²) in [5.41, 5.74) is -0.733. The van der Waals surface area contributed by atoms with Gasteiger partial charge in [0.05, 0.1) is 0 Å². The highest BCUT2D eigenvalue weighted by atomic mass is 16.2. The summed E-state index contributed by atoms with van der Waals surface area (Å²) in [4.78, 5) is 25.4. The second-order valence-electron chi connectivity index (χ2n) is 5.51. The molecule has 0 radical (unpaired) electrons. The Balaban J connectivity index is 2.68. The standard InChI is InChI=1S/C14H26N2O2/c1-5-14(3,16(4)11(2)17)13(18)15-12-9-7-6-8-10-12/h12H,5-10H2,1-4H3,(H,15,18)/t14-/m0/s1. The van der Waals surface area contributed by atoms with Gasteiger partial charge in [0.1, 0.15) is 5.54 Å². The number of carbonyl (C=O) groups excluding carboxylic acids is 2. The zero-order chi connectivity index (χ0) is 13.8. The zero-order valence-corrected chi connectivity index (χ0v) is 12.1. The number of amides is 2. The van der Waals surface area contributed by atoms with Crippen molar-refractivity contribution >= 4 is 11.8 Å². The van der Waals surface area contributed by atoms with Crippen molar-refractivity contribution in [2.45, 2.75) is 70.9 Å². The molecule has 0 unspecified atom stereocenters. The molecule has 104 valence electrons. The lowest BCUT2D eigenvalue weighted by molar-refractivity contribution is -0.144. The van der Waals surface area contributed by atoms with Crippen molar-refractivity contribution in [1.29, 1.82) is 0 Å². The van der Waals surface area contributed by atoms with Crippen LogP contribution in [0.4, 0.5) is 0 Å². The topological polar surface area (TPSA) is 49.4 Å². The van der Waals surface area contributed by atoms with E-state index in [1.165, 1.54) is 26.2 Å². The van der Waals surface area contributed by atoms with Gasteiger partial charge < -0.3 is 10.2 Å². The van der Waals surface area contributed by atoms with Gasteiger partial charge in [0, 0.05) is 20.0 Å². The van der Waals surface area contributed by atoms with Crippen LogP contribution in [-0.2, 0) is 9.59 Å². The smallest absolute Gasteiger partial charge is 0.245 e. The van der Waals surface area contributed by atoms with E-state index in [1.54, 1.807) is 11.9 Å². The van der Waals surface area contributed by atoms with Crippen LogP contribution in [-0.4, -0.2) is 35.3 Å². The van der Waals surface area contributed by atoms with Crippen molar-refractivity contribution in [3.8, 4) is 0 Å². The number of hydrogen-bond acceptors (Lipinski definition) is 2. The lowest BCUT2D eigenvalue weighted by atomic mass is 9.91. The molecule has 1 N–H and O–H groups in total. The average Bonchev–Trinajstić information content (AvgIpc) is 2.37. The van der Waals surface area contributed by atoms with Crippen molar-refractivity contribution in [2.75, 3.05) is 7.05 Å². The van der Waals surface area contributed by atoms with Gasteiger partial charge in [-0.25, -0.2) is 0 Å². The minimum atomic E-state index is -0.733. The van der Waals surface area contributed by atoms with Crippen molar-refractivity contribution in [1.82, 2.24) is 10.2 Å². The van der Waals surface area contributed by atoms with Gasteiger partial charge >= 0.3 is 0 Å². The molecule has 0 aromatic carbocycles. The van der Waals surface area contributed by atoms with Crippen LogP contribution in [0.25, 0.3) is 0 Å². The molecule has 1 rings (SSSR count). The third-order valence-electron chi connectivity index (χ3n) is 4.33. The molecule has 1 aliphatic carbocycles. The lowest BCUT2D eigenvalue weighted by Gasteiger charge is -2.38. The van der Waals surface area contributed by atoms with E-state index >= 15 is 0 Å². The van der Waals surface area contributed by atoms with Gasteiger partial charge in [0.25, 0.3) is 0 Å². The summed E-state index contributed by atoms with van der Waals surface area (Å²) in [7, 11) is 1.70. The van der Waals surface area contributed by atoms with Crippen LogP contribution >= 0.6 is 0 Å². The SMILES string of the molecule is CC[C@@](C)(C(=O)NC1CCCCC1)N(C)C(C)=O. The number of nitrogens with zero attached hydrogens (tertiary/aromatic N) is 1. The number of hydrogen-bond donors (Lipinski definition) is 1. The van der Waals surface area contributed by atoms with Crippen LogP contribution in [0, 0.1) is 0 Å². The highest BCUT2D eigenvalue weighted by Gasteiger charge is 2.38. The minimum absolute atomic E-state index is 0.0189. The van der Waals surface area contributed by atoms with E-state index in [-0.39, 0.29) is 17.9 Å². The van der Waals surface area contributed by atoms with Gasteiger partial charge in [-0.15, -0.1) is 0 Å². The first-order valence-corrected chi connectivity index (χ1v) is 6.97. The van der Waals surface area contributed by atoms with Crippen LogP contribution in [0.2, 0.25) is 0 Å². The van der Waals surface area contributed by atoms with Crippen LogP contribution in [0.15, 0.2) is 0 Å². The summed E-state index contributed by atoms with van der Waals surface area (Å²) in [5, 5.41) is 3.11. The fraction of sp³-hybridized carbons (Fsp3) is 0.857. The molecule has 2 amide bonds. The molecular weight excluding hydrogens is 228 g/mol. The van der Waals surface area contributed by atoms with Crippen molar-refractivity contribution < 1.29 is 9.59 Å². The van der Waals surface area contributed by atoms with Crippen LogP contribution in [0.3, 0.4) is 0 Å². The zero-order valence-electron chi connectivity index (χ0n) is 12.1. The van der Waals surface area contributed by atoms with Crippen LogP contribution < -0.4 is 5.32 Å². The third kappa shape index (κ3) is 3.24. The maximum Gasteiger partial charge on any atom is 0.245 e. The Morgan fingerprint density at radius 2 is 1.83 bits per heavy atom. The largest absolute Gasteiger partial charge is 0.351 e. The normalized spacial score (nSPS) is 20.0. The molecule has 0 bridgehead atoms. The molecule has 1 saturated carbocycles. The average molecular weight is 254 g/mol. The van der Waals surface area contributed by atoms with E-state index in [1.807, 2.05) is 13.8 Å². The molecule has 4 nitrogen and oxygen atoms in total. The molecule has 0 saturated heterocycles. The first-order valence-electron chi connectivity index (χ1n) is 6.97. The maximum atomic E-state index is 12.4. The molecule has 18 heavy (non-hydrogen) atoms. The van der Waals surface area contributed by atoms with Gasteiger partial charge in [0.2, 0.25) is 11.8 Å². The molecule has 4 heteroatoms. The first kappa shape index (κ1) is 15.0. The Morgan fingerprint density at radius 3 is 2.28 bits per heavy atom. The van der Waals surface area contributed by atoms with E-state index in [4.69, 9.17) is 0 Å². The Morgan fingerprint density at radius 1 is 1.28 bits per heavy atom. The Bertz CT molecular complexity index is 311. The van der Waals surface area contributed by atoms with Gasteiger partial charge in [-0.1, -0.05) is 26.2 Å². The van der Waals surface area contributed by atoms with Gasteiger partial charge in [0.15, 0.2) is 0 Å². The second-order valence-corrected chi connectivity index (χ2v) is 5.51. The molecule has 1 atom stereocenters. The van der Waals surface area contributed by atoms with Crippen LogP contribution in [0.5, 0.6) is 0 Å². The molecule has 0 aromatic rings. The number of nitrogens with one attached hydrogen (secondary N) is 1. The summed E-state index contributed by atoms with van der Waals surface area (Å²) in [5.74, 6) is -0.0901. The summed E-state index contributed by atoms with van der Waals surface area (Å²) in [6.45, 7) is 5.29. The van der Waals surface area contributed by atoms with Crippen molar-refractivity contribution in [2.24, 2.45) is 0 Å². The predicted octanol–water partition coefficient (Wildman–Crippen LogP) is 2.08. The number of rotatable bonds is 4. The molecule has 0 aromatic heterocycles. The summed E-state index contributed by atoms with van der Waals surface area (Å²) in [6, 6.07) is 0.289. The highest BCUT2D eigenvalue weighted by molar-refractivity contribution is 5.90. The van der Waals surface area contributed by atoms with E-state index < -0.39 is 5.54 Å². The van der Waals surface area contributed by atoms with E-state index in [0.29, 0.717) is 6.42 Å². The van der Waals surface area contributed by atoms with Gasteiger partial charge in [-0.3, -0.25) is 9.59 Å². The fourth-order valence-corrected chi connectivity index (χ4v) is 2.49. The fourth-order valence-electron chi connectivity index (χ4n) is 2.49. The minimum Gasteiger partial charge on any atom is -0.351 e. The summed E-state index contributed by atoms with van der Waals surface area (Å²) >= 11 is 0. The monoisotopic (exact) mass is 254 g/mol. The molecule has 1 fully saturated rings. The van der Waals surface area contributed by atoms with Gasteiger partial charge in [-0.2, -0.15) is 0 Å². The Labute approximate surface area is 110 Å². The molecule has 1 aliphatic rings. The Hall–Kier alpha value is -1.06. The number of likely N-dealkylation sites (N-methyl/N-ethyl adjacent to an activating group) is 1. The van der Waals surface area contributed by atoms with E-state index in [0.717, 1.165) is 12.8 Å². The summed E-state index contributed by atoms with van der Waals surface area (Å²) in [6.07, 6.45) is 6.41. The molecular formula is C14H26N2O2. The van der Waals surface area contributed by atoms with E-state index in [2.05, 4.69) is 5.32 Å². The third-order valence-corrected chi connectivity index (χ3v) is 4.33. The van der Waals surface area contributed by atoms with Crippen LogP contribution in [0.1, 0.15) is 59.3 Å². The number of carbonyl (C=O) groups is 2. The first-order chi connectivity index (χ1) is 8.41. The predicted molar refractivity (Wildman–Crippen MR) is 72.2 cm³/mol. The maximum absolute atomic E-state index is 12.4. The quantitative estimate of drug-likeness (QED) is 0.835. The van der Waals surface area contributed by atoms with Crippen molar-refractivity contribution in [3.63, 3.8) is 0 Å². The molecule has 0 spiro atoms. The molecule has 0 heterocycles. The molecule has 0 aliphatic heterocycles. The lowest BCUT2D eigenvalue weighted by Crippen LogP contribution is -2.58. The highest BCUT2D eigenvalue weighted by Crippen LogP contribution is 2.22. The Kier molecular flexibility index (Phi) is 5.17. The van der Waals surface area contributed by atoms with Gasteiger partial charge in [-0.05, 0) is 26.2 Å². The van der Waals surface area contributed by atoms with E-state index in [9.17, 15) is 9.59 Å².